The topological polar surface area (TPSA) is 22.1 Å². The van der Waals surface area contributed by atoms with Gasteiger partial charge in [0.25, 0.3) is 0 Å². The van der Waals surface area contributed by atoms with Crippen molar-refractivity contribution >= 4 is 0 Å². The Balaban J connectivity index is 2.08. The van der Waals surface area contributed by atoms with E-state index in [0.29, 0.717) is 24.1 Å². The van der Waals surface area contributed by atoms with Crippen LogP contribution in [-0.2, 0) is 19.0 Å². The summed E-state index contributed by atoms with van der Waals surface area (Å²) >= 11 is 0. The van der Waals surface area contributed by atoms with E-state index in [-0.39, 0.29) is 12.5 Å². The van der Waals surface area contributed by atoms with Gasteiger partial charge in [0, 0.05) is 6.42 Å². The molecule has 0 fully saturated rings. The van der Waals surface area contributed by atoms with Crippen molar-refractivity contribution < 1.29 is 17.9 Å². The van der Waals surface area contributed by atoms with Crippen molar-refractivity contribution in [1.29, 1.82) is 0 Å². The van der Waals surface area contributed by atoms with Crippen LogP contribution in [0.3, 0.4) is 0 Å². The molecule has 0 atom stereocenters. The van der Waals surface area contributed by atoms with Crippen molar-refractivity contribution in [3.8, 4) is 5.88 Å². The molecule has 0 saturated heterocycles. The Labute approximate surface area is 156 Å². The number of alkyl halides is 3. The molecule has 3 aromatic rings. The van der Waals surface area contributed by atoms with E-state index in [2.05, 4.69) is 4.98 Å². The van der Waals surface area contributed by atoms with Crippen LogP contribution in [0.15, 0.2) is 66.7 Å². The lowest BCUT2D eigenvalue weighted by Gasteiger charge is -2.17. The predicted molar refractivity (Wildman–Crippen MR) is 98.9 cm³/mol. The molecule has 0 amide bonds. The smallest absolute Gasteiger partial charge is 0.421 e. The second-order valence-electron chi connectivity index (χ2n) is 6.20. The number of ether oxygens (including phenoxy) is 1. The zero-order chi connectivity index (χ0) is 19.3. The van der Waals surface area contributed by atoms with Crippen LogP contribution in [0.1, 0.15) is 34.9 Å². The Kier molecular flexibility index (Phi) is 5.79. The molecule has 0 spiro atoms. The van der Waals surface area contributed by atoms with Crippen LogP contribution >= 0.6 is 0 Å². The normalized spacial score (nSPS) is 11.4. The standard InChI is InChI=1S/C22H20F3NO/c1-2-27-21-19(22(23,24)25)15-18(13-16-9-5-3-6-10-16)20(26-21)14-17-11-7-4-8-12-17/h3-12,15H,2,13-14H2,1H3. The molecule has 27 heavy (non-hydrogen) atoms. The average molecular weight is 371 g/mol. The summed E-state index contributed by atoms with van der Waals surface area (Å²) in [6, 6.07) is 20.2. The van der Waals surface area contributed by atoms with Gasteiger partial charge in [-0.3, -0.25) is 0 Å². The highest BCUT2D eigenvalue weighted by molar-refractivity contribution is 5.41. The summed E-state index contributed by atoms with van der Waals surface area (Å²) in [5.74, 6) is -0.354. The van der Waals surface area contributed by atoms with Gasteiger partial charge >= 0.3 is 6.18 Å². The van der Waals surface area contributed by atoms with E-state index in [9.17, 15) is 13.2 Å². The Bertz CT molecular complexity index is 877. The van der Waals surface area contributed by atoms with E-state index in [1.54, 1.807) is 6.92 Å². The summed E-state index contributed by atoms with van der Waals surface area (Å²) in [6.45, 7) is 1.77. The minimum atomic E-state index is -4.52. The second kappa shape index (κ2) is 8.25. The maximum Gasteiger partial charge on any atom is 0.421 e. The maximum atomic E-state index is 13.5. The minimum Gasteiger partial charge on any atom is -0.478 e. The van der Waals surface area contributed by atoms with Gasteiger partial charge in [0.2, 0.25) is 5.88 Å². The highest BCUT2D eigenvalue weighted by Gasteiger charge is 2.36. The van der Waals surface area contributed by atoms with Gasteiger partial charge in [0.15, 0.2) is 0 Å². The monoisotopic (exact) mass is 371 g/mol. The fourth-order valence-corrected chi connectivity index (χ4v) is 2.93. The number of rotatable bonds is 6. The molecule has 5 heteroatoms. The van der Waals surface area contributed by atoms with Gasteiger partial charge in [-0.05, 0) is 36.1 Å². The van der Waals surface area contributed by atoms with Gasteiger partial charge in [-0.25, -0.2) is 4.98 Å². The van der Waals surface area contributed by atoms with Crippen LogP contribution < -0.4 is 4.74 Å². The molecule has 2 aromatic carbocycles. The molecular weight excluding hydrogens is 351 g/mol. The maximum absolute atomic E-state index is 13.5. The molecule has 0 bridgehead atoms. The highest BCUT2D eigenvalue weighted by atomic mass is 19.4. The number of halogens is 3. The fraction of sp³-hybridized carbons (Fsp3) is 0.227. The first-order chi connectivity index (χ1) is 13.0. The molecule has 1 heterocycles. The Morgan fingerprint density at radius 2 is 1.41 bits per heavy atom. The predicted octanol–water partition coefficient (Wildman–Crippen LogP) is 5.68. The van der Waals surface area contributed by atoms with E-state index in [1.165, 1.54) is 6.07 Å². The van der Waals surface area contributed by atoms with Crippen LogP contribution in [0.4, 0.5) is 13.2 Å². The van der Waals surface area contributed by atoms with Gasteiger partial charge in [-0.1, -0.05) is 60.7 Å². The van der Waals surface area contributed by atoms with Gasteiger partial charge in [0.05, 0.1) is 12.3 Å². The first kappa shape index (κ1) is 19.0. The molecule has 0 aliphatic rings. The third kappa shape index (κ3) is 4.88. The van der Waals surface area contributed by atoms with Crippen molar-refractivity contribution in [3.05, 3.63) is 94.7 Å². The summed E-state index contributed by atoms with van der Waals surface area (Å²) in [7, 11) is 0. The third-order valence-corrected chi connectivity index (χ3v) is 4.19. The lowest BCUT2D eigenvalue weighted by Crippen LogP contribution is -2.14. The van der Waals surface area contributed by atoms with Crippen LogP contribution in [0.25, 0.3) is 0 Å². The molecule has 0 saturated carbocycles. The van der Waals surface area contributed by atoms with Crippen LogP contribution in [0.5, 0.6) is 5.88 Å². The Hall–Kier alpha value is -2.82. The summed E-state index contributed by atoms with van der Waals surface area (Å²) in [4.78, 5) is 4.28. The largest absolute Gasteiger partial charge is 0.478 e. The molecular formula is C22H20F3NO. The Morgan fingerprint density at radius 3 is 1.93 bits per heavy atom. The molecule has 3 rings (SSSR count). The van der Waals surface area contributed by atoms with Gasteiger partial charge < -0.3 is 4.74 Å². The van der Waals surface area contributed by atoms with Gasteiger partial charge in [-0.15, -0.1) is 0 Å². The lowest BCUT2D eigenvalue weighted by atomic mass is 9.98. The molecule has 2 nitrogen and oxygen atoms in total. The summed E-state index contributed by atoms with van der Waals surface area (Å²) in [5, 5.41) is 0. The summed E-state index contributed by atoms with van der Waals surface area (Å²) < 4.78 is 45.8. The number of hydrogen-bond acceptors (Lipinski definition) is 2. The van der Waals surface area contributed by atoms with Crippen molar-refractivity contribution in [2.75, 3.05) is 6.61 Å². The highest BCUT2D eigenvalue weighted by Crippen LogP contribution is 2.37. The summed E-state index contributed by atoms with van der Waals surface area (Å²) in [5.41, 5.74) is 2.25. The molecule has 1 aromatic heterocycles. The zero-order valence-corrected chi connectivity index (χ0v) is 15.0. The number of pyridine rings is 1. The minimum absolute atomic E-state index is 0.124. The van der Waals surface area contributed by atoms with Crippen LogP contribution in [-0.4, -0.2) is 11.6 Å². The average Bonchev–Trinajstić information content (AvgIpc) is 2.65. The first-order valence-corrected chi connectivity index (χ1v) is 8.78. The van der Waals surface area contributed by atoms with Crippen molar-refractivity contribution in [2.45, 2.75) is 25.9 Å². The van der Waals surface area contributed by atoms with E-state index >= 15 is 0 Å². The molecule has 0 aliphatic carbocycles. The molecule has 0 radical (unpaired) electrons. The van der Waals surface area contributed by atoms with E-state index in [1.807, 2.05) is 60.7 Å². The Morgan fingerprint density at radius 1 is 0.852 bits per heavy atom. The number of aromatic nitrogens is 1. The molecule has 0 N–H and O–H groups in total. The fourth-order valence-electron chi connectivity index (χ4n) is 2.93. The second-order valence-corrected chi connectivity index (χ2v) is 6.20. The van der Waals surface area contributed by atoms with Crippen LogP contribution in [0.2, 0.25) is 0 Å². The quantitative estimate of drug-likeness (QED) is 0.556. The number of nitrogens with zero attached hydrogens (tertiary/aromatic N) is 1. The van der Waals surface area contributed by atoms with Gasteiger partial charge in [-0.2, -0.15) is 13.2 Å². The molecule has 140 valence electrons. The molecule has 0 unspecified atom stereocenters. The third-order valence-electron chi connectivity index (χ3n) is 4.19. The van der Waals surface area contributed by atoms with Crippen molar-refractivity contribution in [2.24, 2.45) is 0 Å². The lowest BCUT2D eigenvalue weighted by molar-refractivity contribution is -0.139. The number of hydrogen-bond donors (Lipinski definition) is 0. The first-order valence-electron chi connectivity index (χ1n) is 8.78. The zero-order valence-electron chi connectivity index (χ0n) is 15.0. The molecule has 0 aliphatic heterocycles. The van der Waals surface area contributed by atoms with Crippen molar-refractivity contribution in [3.63, 3.8) is 0 Å². The van der Waals surface area contributed by atoms with Crippen LogP contribution in [0, 0.1) is 0 Å². The number of benzene rings is 2. The van der Waals surface area contributed by atoms with Crippen molar-refractivity contribution in [1.82, 2.24) is 4.98 Å². The van der Waals surface area contributed by atoms with E-state index < -0.39 is 11.7 Å². The summed E-state index contributed by atoms with van der Waals surface area (Å²) in [6.07, 6.45) is -3.69. The van der Waals surface area contributed by atoms with Gasteiger partial charge in [0.1, 0.15) is 5.56 Å². The van der Waals surface area contributed by atoms with E-state index in [4.69, 9.17) is 4.74 Å². The van der Waals surface area contributed by atoms with E-state index in [0.717, 1.165) is 11.1 Å². The SMILES string of the molecule is CCOc1nc(Cc2ccccc2)c(Cc2ccccc2)cc1C(F)(F)F.